The molecule has 1 aromatic rings. The molecule has 110 valence electrons. The highest BCUT2D eigenvalue weighted by atomic mass is 79.9. The van der Waals surface area contributed by atoms with Crippen LogP contribution in [0, 0.1) is 0 Å². The minimum absolute atomic E-state index is 0.344. The van der Waals surface area contributed by atoms with Gasteiger partial charge in [0, 0.05) is 29.7 Å². The summed E-state index contributed by atoms with van der Waals surface area (Å²) in [6.07, 6.45) is 1.00. The summed E-state index contributed by atoms with van der Waals surface area (Å²) >= 11 is 3.44. The van der Waals surface area contributed by atoms with Crippen molar-refractivity contribution in [1.82, 2.24) is 10.2 Å². The van der Waals surface area contributed by atoms with Crippen molar-refractivity contribution in [1.29, 1.82) is 0 Å². The molecule has 1 aromatic carbocycles. The van der Waals surface area contributed by atoms with Gasteiger partial charge in [0.15, 0.2) is 0 Å². The van der Waals surface area contributed by atoms with Crippen molar-refractivity contribution in [3.63, 3.8) is 0 Å². The maximum atomic E-state index is 12.0. The lowest BCUT2D eigenvalue weighted by Gasteiger charge is -2.29. The molecule has 1 amide bonds. The molecule has 1 heterocycles. The number of amides is 1. The average molecular weight is 342 g/mol. The summed E-state index contributed by atoms with van der Waals surface area (Å²) in [6, 6.07) is 5.20. The molecular formula is C14H20BrN3O2. The first-order chi connectivity index (χ1) is 9.63. The number of hydrogen-bond donors (Lipinski definition) is 2. The van der Waals surface area contributed by atoms with Crippen molar-refractivity contribution in [3.05, 3.63) is 28.2 Å². The molecule has 1 aliphatic heterocycles. The number of rotatable bonds is 4. The first-order valence-corrected chi connectivity index (χ1v) is 7.50. The number of nitrogens with two attached hydrogens (primary N) is 1. The van der Waals surface area contributed by atoms with Gasteiger partial charge in [0.05, 0.1) is 7.11 Å². The van der Waals surface area contributed by atoms with E-state index in [4.69, 9.17) is 10.5 Å². The van der Waals surface area contributed by atoms with Crippen LogP contribution in [0.25, 0.3) is 0 Å². The second kappa shape index (κ2) is 7.06. The molecule has 0 saturated carbocycles. The quantitative estimate of drug-likeness (QED) is 0.865. The zero-order chi connectivity index (χ0) is 14.5. The first kappa shape index (κ1) is 15.3. The highest BCUT2D eigenvalue weighted by molar-refractivity contribution is 9.10. The number of halogens is 1. The van der Waals surface area contributed by atoms with Gasteiger partial charge in [-0.2, -0.15) is 0 Å². The number of methoxy groups -OCH3 is 1. The molecule has 1 unspecified atom stereocenters. The van der Waals surface area contributed by atoms with E-state index in [1.165, 1.54) is 0 Å². The van der Waals surface area contributed by atoms with Gasteiger partial charge in [0.1, 0.15) is 11.8 Å². The van der Waals surface area contributed by atoms with Crippen molar-refractivity contribution < 1.29 is 9.53 Å². The highest BCUT2D eigenvalue weighted by Gasteiger charge is 2.29. The molecule has 20 heavy (non-hydrogen) atoms. The van der Waals surface area contributed by atoms with Gasteiger partial charge in [-0.15, -0.1) is 0 Å². The van der Waals surface area contributed by atoms with Gasteiger partial charge in [-0.25, -0.2) is 0 Å². The van der Waals surface area contributed by atoms with Crippen LogP contribution in [0.15, 0.2) is 22.7 Å². The number of carbonyl (C=O) groups excluding carboxylic acids is 1. The number of nitrogens with zero attached hydrogens (tertiary/aromatic N) is 1. The second-order valence-corrected chi connectivity index (χ2v) is 5.75. The van der Waals surface area contributed by atoms with E-state index in [9.17, 15) is 4.79 Å². The van der Waals surface area contributed by atoms with Gasteiger partial charge in [0.2, 0.25) is 5.91 Å². The van der Waals surface area contributed by atoms with Gasteiger partial charge in [-0.05, 0) is 31.2 Å². The molecule has 0 radical (unpaired) electrons. The lowest BCUT2D eigenvalue weighted by Crippen LogP contribution is -2.40. The molecule has 1 aliphatic rings. The summed E-state index contributed by atoms with van der Waals surface area (Å²) in [5.74, 6) is 0.345. The van der Waals surface area contributed by atoms with Gasteiger partial charge >= 0.3 is 0 Å². The van der Waals surface area contributed by atoms with Crippen LogP contribution in [0.5, 0.6) is 5.75 Å². The van der Waals surface area contributed by atoms with Crippen LogP contribution in [0.2, 0.25) is 0 Å². The summed E-state index contributed by atoms with van der Waals surface area (Å²) in [6.45, 7) is 3.47. The van der Waals surface area contributed by atoms with Crippen LogP contribution in [-0.2, 0) is 4.79 Å². The second-order valence-electron chi connectivity index (χ2n) is 4.83. The maximum Gasteiger partial charge on any atom is 0.239 e. The lowest BCUT2D eigenvalue weighted by molar-refractivity contribution is -0.123. The normalized spacial score (nSPS) is 18.3. The molecule has 1 saturated heterocycles. The van der Waals surface area contributed by atoms with E-state index < -0.39 is 6.04 Å². The maximum absolute atomic E-state index is 12.0. The van der Waals surface area contributed by atoms with E-state index in [0.717, 1.165) is 42.6 Å². The predicted molar refractivity (Wildman–Crippen MR) is 81.7 cm³/mol. The van der Waals surface area contributed by atoms with Crippen molar-refractivity contribution >= 4 is 21.8 Å². The largest absolute Gasteiger partial charge is 0.496 e. The summed E-state index contributed by atoms with van der Waals surface area (Å²) in [4.78, 5) is 14.1. The zero-order valence-electron chi connectivity index (χ0n) is 11.6. The van der Waals surface area contributed by atoms with Crippen molar-refractivity contribution in [2.75, 3.05) is 33.3 Å². The summed E-state index contributed by atoms with van der Waals surface area (Å²) in [5.41, 5.74) is 6.47. The molecule has 3 N–H and O–H groups in total. The zero-order valence-corrected chi connectivity index (χ0v) is 13.1. The monoisotopic (exact) mass is 341 g/mol. The summed E-state index contributed by atoms with van der Waals surface area (Å²) < 4.78 is 6.29. The number of hydrogen-bond acceptors (Lipinski definition) is 4. The minimum Gasteiger partial charge on any atom is -0.496 e. The average Bonchev–Trinajstić information content (AvgIpc) is 2.68. The fourth-order valence-electron chi connectivity index (χ4n) is 2.57. The Kier molecular flexibility index (Phi) is 5.39. The predicted octanol–water partition coefficient (Wildman–Crippen LogP) is 1.28. The number of carbonyl (C=O) groups is 1. The summed E-state index contributed by atoms with van der Waals surface area (Å²) in [5, 5.41) is 3.33. The molecule has 0 aliphatic carbocycles. The molecule has 5 nitrogen and oxygen atoms in total. The molecule has 2 rings (SSSR count). The number of nitrogens with one attached hydrogen (secondary N) is 1. The van der Waals surface area contributed by atoms with E-state index in [1.54, 1.807) is 7.11 Å². The third kappa shape index (κ3) is 3.50. The van der Waals surface area contributed by atoms with E-state index in [1.807, 2.05) is 18.2 Å². The lowest BCUT2D eigenvalue weighted by atomic mass is 10.0. The fourth-order valence-corrected chi connectivity index (χ4v) is 2.95. The van der Waals surface area contributed by atoms with Crippen LogP contribution in [0.1, 0.15) is 18.0 Å². The number of benzene rings is 1. The highest BCUT2D eigenvalue weighted by Crippen LogP contribution is 2.32. The van der Waals surface area contributed by atoms with E-state index in [-0.39, 0.29) is 5.91 Å². The molecule has 0 bridgehead atoms. The standard InChI is InChI=1S/C14H20BrN3O2/c1-20-12-4-3-10(15)9-11(12)13(14(16)19)18-7-2-5-17-6-8-18/h3-4,9,13,17H,2,5-8H2,1H3,(H2,16,19). The van der Waals surface area contributed by atoms with Crippen LogP contribution in [-0.4, -0.2) is 44.1 Å². The smallest absolute Gasteiger partial charge is 0.239 e. The van der Waals surface area contributed by atoms with Gasteiger partial charge < -0.3 is 15.8 Å². The minimum atomic E-state index is -0.456. The van der Waals surface area contributed by atoms with Crippen LogP contribution in [0.3, 0.4) is 0 Å². The summed E-state index contributed by atoms with van der Waals surface area (Å²) in [7, 11) is 1.61. The van der Waals surface area contributed by atoms with Crippen LogP contribution < -0.4 is 15.8 Å². The third-order valence-electron chi connectivity index (χ3n) is 3.50. The Morgan fingerprint density at radius 1 is 1.45 bits per heavy atom. The van der Waals surface area contributed by atoms with Crippen molar-refractivity contribution in [2.24, 2.45) is 5.73 Å². The molecule has 0 spiro atoms. The fraction of sp³-hybridized carbons (Fsp3) is 0.500. The van der Waals surface area contributed by atoms with Crippen molar-refractivity contribution in [3.8, 4) is 5.75 Å². The van der Waals surface area contributed by atoms with Gasteiger partial charge in [0.25, 0.3) is 0 Å². The molecular weight excluding hydrogens is 322 g/mol. The third-order valence-corrected chi connectivity index (χ3v) is 3.99. The number of primary amides is 1. The van der Waals surface area contributed by atoms with Gasteiger partial charge in [-0.1, -0.05) is 15.9 Å². The Balaban J connectivity index is 2.36. The number of ether oxygens (including phenoxy) is 1. The van der Waals surface area contributed by atoms with Gasteiger partial charge in [-0.3, -0.25) is 9.69 Å². The molecule has 1 fully saturated rings. The van der Waals surface area contributed by atoms with E-state index >= 15 is 0 Å². The van der Waals surface area contributed by atoms with Crippen molar-refractivity contribution in [2.45, 2.75) is 12.5 Å². The SMILES string of the molecule is COc1ccc(Br)cc1C(C(N)=O)N1CCCNCC1. The molecule has 6 heteroatoms. The molecule has 0 aromatic heterocycles. The Hall–Kier alpha value is -1.11. The first-order valence-electron chi connectivity index (χ1n) is 6.71. The van der Waals surface area contributed by atoms with Crippen LogP contribution in [0.4, 0.5) is 0 Å². The Morgan fingerprint density at radius 3 is 2.95 bits per heavy atom. The Morgan fingerprint density at radius 2 is 2.25 bits per heavy atom. The topological polar surface area (TPSA) is 67.6 Å². The molecule has 1 atom stereocenters. The Labute approximate surface area is 127 Å². The van der Waals surface area contributed by atoms with E-state index in [0.29, 0.717) is 5.75 Å². The van der Waals surface area contributed by atoms with Crippen LogP contribution >= 0.6 is 15.9 Å². The Bertz CT molecular complexity index is 473. The van der Waals surface area contributed by atoms with E-state index in [2.05, 4.69) is 26.1 Å².